The van der Waals surface area contributed by atoms with Crippen LogP contribution in [0.2, 0.25) is 0 Å². The first-order valence-electron chi connectivity index (χ1n) is 5.09. The van der Waals surface area contributed by atoms with Crippen LogP contribution < -0.4 is 11.1 Å². The van der Waals surface area contributed by atoms with Crippen molar-refractivity contribution in [3.8, 4) is 0 Å². The Kier molecular flexibility index (Phi) is 6.39. The summed E-state index contributed by atoms with van der Waals surface area (Å²) in [5, 5.41) is 11.0. The van der Waals surface area contributed by atoms with Crippen molar-refractivity contribution < 1.29 is 19.5 Å². The Hall–Kier alpha value is -2.05. The molecule has 7 nitrogen and oxygen atoms in total. The number of hydrogen-bond acceptors (Lipinski definition) is 3. The topological polar surface area (TPSA) is 113 Å². The van der Waals surface area contributed by atoms with Crippen molar-refractivity contribution in [3.05, 3.63) is 12.7 Å². The third-order valence-electron chi connectivity index (χ3n) is 2.02. The van der Waals surface area contributed by atoms with Gasteiger partial charge in [0.25, 0.3) is 0 Å². The highest BCUT2D eigenvalue weighted by Crippen LogP contribution is 1.96. The van der Waals surface area contributed by atoms with Crippen LogP contribution in [0.15, 0.2) is 12.7 Å². The molecule has 7 heteroatoms. The van der Waals surface area contributed by atoms with Gasteiger partial charge in [-0.05, 0) is 6.92 Å². The quantitative estimate of drug-likeness (QED) is 0.525. The van der Waals surface area contributed by atoms with Crippen LogP contribution in [0.5, 0.6) is 0 Å². The van der Waals surface area contributed by atoms with Crippen LogP contribution >= 0.6 is 0 Å². The highest BCUT2D eigenvalue weighted by atomic mass is 16.4. The Morgan fingerprint density at radius 2 is 2.12 bits per heavy atom. The van der Waals surface area contributed by atoms with Crippen molar-refractivity contribution in [2.24, 2.45) is 5.73 Å². The van der Waals surface area contributed by atoms with Crippen LogP contribution in [0.25, 0.3) is 0 Å². The Morgan fingerprint density at radius 3 is 2.47 bits per heavy atom. The van der Waals surface area contributed by atoms with Crippen molar-refractivity contribution in [1.29, 1.82) is 0 Å². The Labute approximate surface area is 99.3 Å². The van der Waals surface area contributed by atoms with E-state index in [1.807, 2.05) is 0 Å². The summed E-state index contributed by atoms with van der Waals surface area (Å²) in [5.41, 5.74) is 4.89. The van der Waals surface area contributed by atoms with E-state index in [9.17, 15) is 14.4 Å². The van der Waals surface area contributed by atoms with Crippen LogP contribution in [0.3, 0.4) is 0 Å². The van der Waals surface area contributed by atoms with Gasteiger partial charge in [0, 0.05) is 13.1 Å². The van der Waals surface area contributed by atoms with Crippen LogP contribution in [-0.2, 0) is 9.59 Å². The predicted octanol–water partition coefficient (Wildman–Crippen LogP) is -0.467. The lowest BCUT2D eigenvalue weighted by Crippen LogP contribution is -2.49. The number of aliphatic carboxylic acids is 1. The fraction of sp³-hybridized carbons (Fsp3) is 0.500. The molecule has 96 valence electrons. The van der Waals surface area contributed by atoms with Gasteiger partial charge in [0.05, 0.1) is 6.42 Å². The third-order valence-corrected chi connectivity index (χ3v) is 2.02. The number of carboxylic acid groups (broad SMARTS) is 1. The van der Waals surface area contributed by atoms with Crippen molar-refractivity contribution in [2.45, 2.75) is 19.4 Å². The highest BCUT2D eigenvalue weighted by Gasteiger charge is 2.23. The van der Waals surface area contributed by atoms with Gasteiger partial charge in [0.2, 0.25) is 5.91 Å². The van der Waals surface area contributed by atoms with Gasteiger partial charge in [-0.1, -0.05) is 6.08 Å². The van der Waals surface area contributed by atoms with Crippen LogP contribution in [-0.4, -0.2) is 47.0 Å². The van der Waals surface area contributed by atoms with Crippen LogP contribution in [0.1, 0.15) is 13.3 Å². The molecule has 0 saturated heterocycles. The van der Waals surface area contributed by atoms with Crippen molar-refractivity contribution in [3.63, 3.8) is 0 Å². The first-order valence-corrected chi connectivity index (χ1v) is 5.09. The van der Waals surface area contributed by atoms with E-state index >= 15 is 0 Å². The van der Waals surface area contributed by atoms with Crippen molar-refractivity contribution in [2.75, 3.05) is 13.1 Å². The van der Waals surface area contributed by atoms with Gasteiger partial charge in [0.15, 0.2) is 0 Å². The van der Waals surface area contributed by atoms with E-state index in [1.165, 1.54) is 11.0 Å². The summed E-state index contributed by atoms with van der Waals surface area (Å²) < 4.78 is 0. The molecule has 0 aliphatic carbocycles. The van der Waals surface area contributed by atoms with Crippen molar-refractivity contribution in [1.82, 2.24) is 10.2 Å². The number of hydrogen-bond donors (Lipinski definition) is 3. The molecule has 0 heterocycles. The summed E-state index contributed by atoms with van der Waals surface area (Å²) in [6, 6.07) is -1.88. The van der Waals surface area contributed by atoms with E-state index in [2.05, 4.69) is 11.9 Å². The van der Waals surface area contributed by atoms with E-state index < -0.39 is 30.4 Å². The number of carboxylic acids is 1. The molecular weight excluding hydrogens is 226 g/mol. The maximum Gasteiger partial charge on any atom is 0.326 e. The zero-order chi connectivity index (χ0) is 13.4. The number of carbonyl (C=O) groups is 3. The third kappa shape index (κ3) is 5.55. The molecular formula is C10H17N3O4. The Morgan fingerprint density at radius 1 is 1.53 bits per heavy atom. The standard InChI is InChI=1S/C10H17N3O4/c1-3-5-13(4-2)10(17)12-7(9(15)16)6-8(11)14/h3,7H,1,4-6H2,2H3,(H2,11,14)(H,12,17)(H,15,16)/t7-/m0/s1. The average Bonchev–Trinajstić information content (AvgIpc) is 2.23. The molecule has 0 radical (unpaired) electrons. The minimum atomic E-state index is -1.31. The Bertz CT molecular complexity index is 317. The summed E-state index contributed by atoms with van der Waals surface area (Å²) in [6.07, 6.45) is 1.08. The molecule has 0 rings (SSSR count). The molecule has 0 aliphatic heterocycles. The second-order valence-corrected chi connectivity index (χ2v) is 3.34. The number of rotatable bonds is 7. The second-order valence-electron chi connectivity index (χ2n) is 3.34. The van der Waals surface area contributed by atoms with Crippen LogP contribution in [0, 0.1) is 0 Å². The lowest BCUT2D eigenvalue weighted by molar-refractivity contribution is -0.140. The molecule has 17 heavy (non-hydrogen) atoms. The van der Waals surface area contributed by atoms with Gasteiger partial charge >= 0.3 is 12.0 Å². The van der Waals surface area contributed by atoms with Gasteiger partial charge < -0.3 is 21.1 Å². The molecule has 0 aliphatic rings. The SMILES string of the molecule is C=CCN(CC)C(=O)N[C@@H](CC(N)=O)C(=O)O. The van der Waals surface area contributed by atoms with E-state index in [-0.39, 0.29) is 0 Å². The first kappa shape index (κ1) is 14.9. The average molecular weight is 243 g/mol. The molecule has 0 saturated carbocycles. The first-order chi connectivity index (χ1) is 7.92. The van der Waals surface area contributed by atoms with Crippen LogP contribution in [0.4, 0.5) is 4.79 Å². The minimum Gasteiger partial charge on any atom is -0.480 e. The fourth-order valence-corrected chi connectivity index (χ4v) is 1.15. The molecule has 0 aromatic rings. The molecule has 1 atom stereocenters. The number of amides is 3. The maximum atomic E-state index is 11.6. The van der Waals surface area contributed by atoms with E-state index in [0.717, 1.165) is 0 Å². The lowest BCUT2D eigenvalue weighted by atomic mass is 10.2. The number of likely N-dealkylation sites (N-methyl/N-ethyl adjacent to an activating group) is 1. The number of nitrogens with one attached hydrogen (secondary N) is 1. The van der Waals surface area contributed by atoms with E-state index in [0.29, 0.717) is 13.1 Å². The van der Waals surface area contributed by atoms with Gasteiger partial charge in [-0.3, -0.25) is 4.79 Å². The monoisotopic (exact) mass is 243 g/mol. The molecule has 0 aromatic carbocycles. The van der Waals surface area contributed by atoms with Gasteiger partial charge in [-0.2, -0.15) is 0 Å². The second kappa shape index (κ2) is 7.26. The zero-order valence-electron chi connectivity index (χ0n) is 9.68. The molecule has 0 spiro atoms. The number of urea groups is 1. The molecule has 0 bridgehead atoms. The lowest BCUT2D eigenvalue weighted by Gasteiger charge is -2.22. The smallest absolute Gasteiger partial charge is 0.326 e. The van der Waals surface area contributed by atoms with Gasteiger partial charge in [-0.15, -0.1) is 6.58 Å². The molecule has 4 N–H and O–H groups in total. The summed E-state index contributed by atoms with van der Waals surface area (Å²) in [5.74, 6) is -2.09. The van der Waals surface area contributed by atoms with Crippen molar-refractivity contribution >= 4 is 17.9 Å². The van der Waals surface area contributed by atoms with E-state index in [1.54, 1.807) is 6.92 Å². The van der Waals surface area contributed by atoms with E-state index in [4.69, 9.17) is 10.8 Å². The van der Waals surface area contributed by atoms with Gasteiger partial charge in [-0.25, -0.2) is 9.59 Å². The predicted molar refractivity (Wildman–Crippen MR) is 61.2 cm³/mol. The van der Waals surface area contributed by atoms with Gasteiger partial charge in [0.1, 0.15) is 6.04 Å². The summed E-state index contributed by atoms with van der Waals surface area (Å²) >= 11 is 0. The highest BCUT2D eigenvalue weighted by molar-refractivity contribution is 5.87. The maximum absolute atomic E-state index is 11.6. The largest absolute Gasteiger partial charge is 0.480 e. The summed E-state index contributed by atoms with van der Waals surface area (Å²) in [4.78, 5) is 34.4. The zero-order valence-corrected chi connectivity index (χ0v) is 9.68. The Balaban J connectivity index is 4.52. The molecule has 0 aromatic heterocycles. The molecule has 3 amide bonds. The summed E-state index contributed by atoms with van der Waals surface area (Å²) in [6.45, 7) is 5.92. The number of nitrogens with two attached hydrogens (primary N) is 1. The summed E-state index contributed by atoms with van der Waals surface area (Å²) in [7, 11) is 0. The minimum absolute atomic E-state index is 0.297. The molecule has 0 fully saturated rings. The number of nitrogens with zero attached hydrogens (tertiary/aromatic N) is 1. The number of primary amides is 1. The number of carbonyl (C=O) groups excluding carboxylic acids is 2. The normalized spacial score (nSPS) is 11.4. The molecule has 0 unspecified atom stereocenters. The fourth-order valence-electron chi connectivity index (χ4n) is 1.15.